The van der Waals surface area contributed by atoms with Crippen LogP contribution in [0.4, 0.5) is 0 Å². The molecule has 3 nitrogen and oxygen atoms in total. The van der Waals surface area contributed by atoms with Crippen LogP contribution in [0.3, 0.4) is 0 Å². The number of likely N-dealkylation sites (tertiary alicyclic amines) is 1. The molecular formula is C17H21NO2. The lowest BCUT2D eigenvalue weighted by Gasteiger charge is -2.20. The van der Waals surface area contributed by atoms with Crippen molar-refractivity contribution in [3.8, 4) is 11.8 Å². The SMILES string of the molecule is Cc1cc(C(=O)N2CCCCCC2)ccc1C#CCO. The van der Waals surface area contributed by atoms with Crippen molar-refractivity contribution in [3.05, 3.63) is 34.9 Å². The molecule has 1 saturated heterocycles. The van der Waals surface area contributed by atoms with Crippen molar-refractivity contribution in [2.75, 3.05) is 19.7 Å². The van der Waals surface area contributed by atoms with E-state index in [1.54, 1.807) is 0 Å². The van der Waals surface area contributed by atoms with Gasteiger partial charge >= 0.3 is 0 Å². The number of amides is 1. The first kappa shape index (κ1) is 14.6. The second-order valence-corrected chi connectivity index (χ2v) is 5.20. The average Bonchev–Trinajstić information content (AvgIpc) is 2.74. The van der Waals surface area contributed by atoms with Crippen molar-refractivity contribution in [1.29, 1.82) is 0 Å². The predicted molar refractivity (Wildman–Crippen MR) is 79.5 cm³/mol. The molecule has 106 valence electrons. The molecule has 0 saturated carbocycles. The summed E-state index contributed by atoms with van der Waals surface area (Å²) in [5.41, 5.74) is 2.58. The standard InChI is InChI=1S/C17H21NO2/c1-14-13-16(9-8-15(14)7-6-12-19)17(20)18-10-4-2-3-5-11-18/h8-9,13,19H,2-5,10-12H2,1H3. The highest BCUT2D eigenvalue weighted by atomic mass is 16.2. The maximum absolute atomic E-state index is 12.5. The van der Waals surface area contributed by atoms with Crippen LogP contribution in [0, 0.1) is 18.8 Å². The molecule has 0 spiro atoms. The van der Waals surface area contributed by atoms with E-state index in [1.165, 1.54) is 12.8 Å². The molecule has 0 bridgehead atoms. The molecule has 1 aromatic rings. The Hall–Kier alpha value is -1.79. The molecule has 2 rings (SSSR count). The molecule has 0 radical (unpaired) electrons. The highest BCUT2D eigenvalue weighted by molar-refractivity contribution is 5.94. The van der Waals surface area contributed by atoms with Crippen molar-refractivity contribution in [2.24, 2.45) is 0 Å². The minimum absolute atomic E-state index is 0.122. The largest absolute Gasteiger partial charge is 0.384 e. The van der Waals surface area contributed by atoms with Crippen LogP contribution in [0.1, 0.15) is 47.2 Å². The van der Waals surface area contributed by atoms with Gasteiger partial charge in [-0.1, -0.05) is 24.7 Å². The van der Waals surface area contributed by atoms with E-state index in [4.69, 9.17) is 5.11 Å². The zero-order chi connectivity index (χ0) is 14.4. The van der Waals surface area contributed by atoms with Crippen molar-refractivity contribution >= 4 is 5.91 Å². The van der Waals surface area contributed by atoms with Crippen LogP contribution in [0.2, 0.25) is 0 Å². The van der Waals surface area contributed by atoms with Gasteiger partial charge in [0.25, 0.3) is 5.91 Å². The lowest BCUT2D eigenvalue weighted by Crippen LogP contribution is -2.31. The summed E-state index contributed by atoms with van der Waals surface area (Å²) < 4.78 is 0. The van der Waals surface area contributed by atoms with Gasteiger partial charge in [-0.15, -0.1) is 0 Å². The molecule has 3 heteroatoms. The number of carbonyl (C=O) groups excluding carboxylic acids is 1. The van der Waals surface area contributed by atoms with Gasteiger partial charge in [-0.3, -0.25) is 4.79 Å². The van der Waals surface area contributed by atoms with Crippen LogP contribution < -0.4 is 0 Å². The van der Waals surface area contributed by atoms with Crippen molar-refractivity contribution in [2.45, 2.75) is 32.6 Å². The molecular weight excluding hydrogens is 250 g/mol. The summed E-state index contributed by atoms with van der Waals surface area (Å²) >= 11 is 0. The molecule has 1 aromatic carbocycles. The minimum Gasteiger partial charge on any atom is -0.384 e. The Kier molecular flexibility index (Phi) is 5.20. The first-order valence-corrected chi connectivity index (χ1v) is 7.22. The van der Waals surface area contributed by atoms with E-state index in [0.717, 1.165) is 42.6 Å². The molecule has 1 heterocycles. The number of carbonyl (C=O) groups is 1. The van der Waals surface area contributed by atoms with E-state index in [2.05, 4.69) is 11.8 Å². The van der Waals surface area contributed by atoms with Gasteiger partial charge in [-0.25, -0.2) is 0 Å². The summed E-state index contributed by atoms with van der Waals surface area (Å²) in [5.74, 6) is 5.65. The number of hydrogen-bond donors (Lipinski definition) is 1. The quantitative estimate of drug-likeness (QED) is 0.797. The van der Waals surface area contributed by atoms with Gasteiger partial charge in [-0.05, 0) is 43.5 Å². The zero-order valence-corrected chi connectivity index (χ0v) is 12.0. The zero-order valence-electron chi connectivity index (χ0n) is 12.0. The Morgan fingerprint density at radius 2 is 1.95 bits per heavy atom. The maximum Gasteiger partial charge on any atom is 0.253 e. The molecule has 0 atom stereocenters. The smallest absolute Gasteiger partial charge is 0.253 e. The molecule has 20 heavy (non-hydrogen) atoms. The van der Waals surface area contributed by atoms with Crippen molar-refractivity contribution in [1.82, 2.24) is 4.90 Å². The van der Waals surface area contributed by atoms with Crippen LogP contribution in [-0.2, 0) is 0 Å². The number of benzene rings is 1. The fraction of sp³-hybridized carbons (Fsp3) is 0.471. The van der Waals surface area contributed by atoms with Crippen LogP contribution in [0.15, 0.2) is 18.2 Å². The Labute approximate surface area is 120 Å². The third-order valence-corrected chi connectivity index (χ3v) is 3.67. The first-order chi connectivity index (χ1) is 9.72. The number of aliphatic hydroxyl groups is 1. The number of rotatable bonds is 1. The van der Waals surface area contributed by atoms with Crippen molar-refractivity contribution < 1.29 is 9.90 Å². The van der Waals surface area contributed by atoms with Gasteiger partial charge in [0.05, 0.1) is 0 Å². The van der Waals surface area contributed by atoms with Crippen LogP contribution in [0.5, 0.6) is 0 Å². The Morgan fingerprint density at radius 3 is 2.55 bits per heavy atom. The molecule has 0 aliphatic carbocycles. The lowest BCUT2D eigenvalue weighted by molar-refractivity contribution is 0.0761. The summed E-state index contributed by atoms with van der Waals surface area (Å²) in [6, 6.07) is 5.60. The van der Waals surface area contributed by atoms with Gasteiger partial charge in [-0.2, -0.15) is 0 Å². The Balaban J connectivity index is 2.15. The fourth-order valence-corrected chi connectivity index (χ4v) is 2.53. The van der Waals surface area contributed by atoms with E-state index >= 15 is 0 Å². The second-order valence-electron chi connectivity index (χ2n) is 5.20. The molecule has 1 N–H and O–H groups in total. The summed E-state index contributed by atoms with van der Waals surface area (Å²) in [7, 11) is 0. The third kappa shape index (κ3) is 3.61. The van der Waals surface area contributed by atoms with E-state index in [1.807, 2.05) is 30.0 Å². The minimum atomic E-state index is -0.145. The topological polar surface area (TPSA) is 40.5 Å². The number of hydrogen-bond acceptors (Lipinski definition) is 2. The monoisotopic (exact) mass is 271 g/mol. The highest BCUT2D eigenvalue weighted by Crippen LogP contribution is 2.16. The molecule has 0 unspecified atom stereocenters. The Bertz CT molecular complexity index is 532. The molecule has 0 aromatic heterocycles. The summed E-state index contributed by atoms with van der Waals surface area (Å²) in [5, 5.41) is 8.72. The van der Waals surface area contributed by atoms with Crippen LogP contribution in [-0.4, -0.2) is 35.6 Å². The lowest BCUT2D eigenvalue weighted by atomic mass is 10.0. The Morgan fingerprint density at radius 1 is 1.25 bits per heavy atom. The molecule has 1 fully saturated rings. The van der Waals surface area contributed by atoms with Gasteiger partial charge in [0.15, 0.2) is 0 Å². The number of aryl methyl sites for hydroxylation is 1. The van der Waals surface area contributed by atoms with Crippen molar-refractivity contribution in [3.63, 3.8) is 0 Å². The summed E-state index contributed by atoms with van der Waals surface area (Å²) in [6.07, 6.45) is 4.65. The van der Waals surface area contributed by atoms with E-state index in [-0.39, 0.29) is 12.5 Å². The number of nitrogens with zero attached hydrogens (tertiary/aromatic N) is 1. The second kappa shape index (κ2) is 7.12. The predicted octanol–water partition coefficient (Wildman–Crippen LogP) is 2.36. The summed E-state index contributed by atoms with van der Waals surface area (Å²) in [4.78, 5) is 14.4. The van der Waals surface area contributed by atoms with Gasteiger partial charge in [0.2, 0.25) is 0 Å². The van der Waals surface area contributed by atoms with Crippen LogP contribution >= 0.6 is 0 Å². The van der Waals surface area contributed by atoms with Gasteiger partial charge in [0.1, 0.15) is 6.61 Å². The van der Waals surface area contributed by atoms with Gasteiger partial charge in [0, 0.05) is 24.2 Å². The third-order valence-electron chi connectivity index (χ3n) is 3.67. The van der Waals surface area contributed by atoms with E-state index in [9.17, 15) is 4.79 Å². The highest BCUT2D eigenvalue weighted by Gasteiger charge is 2.17. The van der Waals surface area contributed by atoms with Gasteiger partial charge < -0.3 is 10.0 Å². The first-order valence-electron chi connectivity index (χ1n) is 7.22. The normalized spacial score (nSPS) is 15.2. The average molecular weight is 271 g/mol. The molecule has 1 aliphatic heterocycles. The van der Waals surface area contributed by atoms with E-state index < -0.39 is 0 Å². The summed E-state index contributed by atoms with van der Waals surface area (Å²) in [6.45, 7) is 3.53. The maximum atomic E-state index is 12.5. The fourth-order valence-electron chi connectivity index (χ4n) is 2.53. The van der Waals surface area contributed by atoms with Crippen LogP contribution in [0.25, 0.3) is 0 Å². The number of aliphatic hydroxyl groups excluding tert-OH is 1. The van der Waals surface area contributed by atoms with E-state index in [0.29, 0.717) is 0 Å². The molecule has 1 amide bonds. The molecule has 1 aliphatic rings.